The van der Waals surface area contributed by atoms with Crippen molar-refractivity contribution in [2.75, 3.05) is 6.61 Å². The van der Waals surface area contributed by atoms with Crippen molar-refractivity contribution >= 4 is 5.97 Å². The summed E-state index contributed by atoms with van der Waals surface area (Å²) in [6.07, 6.45) is 6.44. The molecule has 0 amide bonds. The molecule has 0 saturated heterocycles. The number of rotatable bonds is 3. The fourth-order valence-electron chi connectivity index (χ4n) is 11.4. The average molecular weight is 573 g/mol. The molecule has 0 bridgehead atoms. The lowest BCUT2D eigenvalue weighted by Crippen LogP contribution is -2.74. The minimum absolute atomic E-state index is 0.00483. The van der Waals surface area contributed by atoms with Gasteiger partial charge in [-0.05, 0) is 98.2 Å². The van der Waals surface area contributed by atoms with E-state index in [1.807, 2.05) is 0 Å². The third kappa shape index (κ3) is 3.92. The highest BCUT2D eigenvalue weighted by Crippen LogP contribution is 2.75. The number of hydrogen-bond acceptors (Lipinski definition) is 6. The van der Waals surface area contributed by atoms with Crippen LogP contribution >= 0.6 is 0 Å². The lowest BCUT2D eigenvalue weighted by atomic mass is 9.32. The zero-order valence-corrected chi connectivity index (χ0v) is 27.0. The van der Waals surface area contributed by atoms with Crippen molar-refractivity contribution in [3.8, 4) is 0 Å². The molecule has 4 saturated carbocycles. The van der Waals surface area contributed by atoms with Crippen LogP contribution in [0.1, 0.15) is 107 Å². The molecule has 5 rings (SSSR count). The molecule has 0 aromatic carbocycles. The van der Waals surface area contributed by atoms with Crippen LogP contribution in [0.25, 0.3) is 0 Å². The third-order valence-electron chi connectivity index (χ3n) is 14.2. The van der Waals surface area contributed by atoms with Crippen LogP contribution in [0.15, 0.2) is 23.3 Å². The average Bonchev–Trinajstić information content (AvgIpc) is 2.89. The summed E-state index contributed by atoms with van der Waals surface area (Å²) in [6.45, 7) is 18.9. The molecule has 0 aromatic rings. The predicted molar refractivity (Wildman–Crippen MR) is 160 cm³/mol. The van der Waals surface area contributed by atoms with Crippen LogP contribution in [-0.2, 0) is 9.53 Å². The molecule has 0 heterocycles. The summed E-state index contributed by atoms with van der Waals surface area (Å²) in [4.78, 5) is 13.1. The van der Waals surface area contributed by atoms with Crippen LogP contribution in [0.3, 0.4) is 0 Å². The van der Waals surface area contributed by atoms with Crippen molar-refractivity contribution in [2.45, 2.75) is 132 Å². The smallest absolute Gasteiger partial charge is 0.333 e. The number of hydrogen-bond donors (Lipinski definition) is 4. The lowest BCUT2D eigenvalue weighted by molar-refractivity contribution is -0.274. The van der Waals surface area contributed by atoms with Crippen LogP contribution in [0.4, 0.5) is 0 Å². The Bertz CT molecular complexity index is 1140. The molecule has 4 fully saturated rings. The van der Waals surface area contributed by atoms with Gasteiger partial charge in [0.2, 0.25) is 0 Å². The standard InChI is InChI=1S/C35H56O6/c1-10-20(2)29(40)41-26-18-30(3,4)17-22-21-11-12-24-32(7)15-14-25(37)31(5,6)23(32)13-16-33(24,8)34(21,9)27(38)28(39)35(22,26)19-36/h10-11,22-28,36-39H,12-19H2,1-9H3/b20-10-/t22-,23-,24+,25-,26-,27-,28+,32-,33+,34-,35-/m0/s1. The van der Waals surface area contributed by atoms with Gasteiger partial charge in [-0.3, -0.25) is 0 Å². The Balaban J connectivity index is 1.64. The minimum atomic E-state index is -1.25. The molecule has 5 aliphatic rings. The number of allylic oxidation sites excluding steroid dienone is 2. The SMILES string of the molecule is C/C=C(/C)C(=O)O[C@H]1CC(C)(C)C[C@H]2C3=CC[C@@H]4[C@@]5(C)CC[C@H](O)C(C)(C)[C@@H]5CC[C@@]4(C)[C@]3(C)[C@@H](O)[C@@H](O)[C@]12CO. The molecular formula is C35H56O6. The van der Waals surface area contributed by atoms with Gasteiger partial charge in [0.1, 0.15) is 6.10 Å². The molecule has 41 heavy (non-hydrogen) atoms. The summed E-state index contributed by atoms with van der Waals surface area (Å²) in [5.41, 5.74) is -0.885. The maximum absolute atomic E-state index is 13.1. The number of aliphatic hydroxyl groups excluding tert-OH is 4. The Morgan fingerprint density at radius 2 is 1.63 bits per heavy atom. The van der Waals surface area contributed by atoms with Gasteiger partial charge in [-0.15, -0.1) is 0 Å². The molecule has 0 radical (unpaired) electrons. The summed E-state index contributed by atoms with van der Waals surface area (Å²) in [5, 5.41) is 46.7. The topological polar surface area (TPSA) is 107 Å². The second-order valence-corrected chi connectivity index (χ2v) is 16.7. The highest BCUT2D eigenvalue weighted by molar-refractivity contribution is 5.87. The number of carbonyl (C=O) groups is 1. The van der Waals surface area contributed by atoms with Crippen molar-refractivity contribution < 1.29 is 30.0 Å². The van der Waals surface area contributed by atoms with E-state index in [2.05, 4.69) is 54.5 Å². The summed E-state index contributed by atoms with van der Waals surface area (Å²) in [7, 11) is 0. The summed E-state index contributed by atoms with van der Waals surface area (Å²) in [5.74, 6) is 0.0104. The van der Waals surface area contributed by atoms with Gasteiger partial charge in [-0.2, -0.15) is 0 Å². The molecular weight excluding hydrogens is 516 g/mol. The lowest BCUT2D eigenvalue weighted by Gasteiger charge is -2.73. The maximum atomic E-state index is 13.1. The van der Waals surface area contributed by atoms with Gasteiger partial charge in [-0.25, -0.2) is 4.79 Å². The van der Waals surface area contributed by atoms with E-state index in [-0.39, 0.29) is 40.3 Å². The van der Waals surface area contributed by atoms with Crippen molar-refractivity contribution in [3.63, 3.8) is 0 Å². The highest BCUT2D eigenvalue weighted by Gasteiger charge is 2.74. The van der Waals surface area contributed by atoms with Crippen LogP contribution in [0, 0.1) is 50.2 Å². The molecule has 6 heteroatoms. The van der Waals surface area contributed by atoms with Crippen molar-refractivity contribution in [1.82, 2.24) is 0 Å². The number of carbonyl (C=O) groups excluding carboxylic acids is 1. The first-order chi connectivity index (χ1) is 18.9. The molecule has 0 aliphatic heterocycles. The fraction of sp³-hybridized carbons (Fsp3) is 0.857. The molecule has 0 unspecified atom stereocenters. The van der Waals surface area contributed by atoms with Crippen LogP contribution in [-0.4, -0.2) is 57.4 Å². The number of ether oxygens (including phenoxy) is 1. The van der Waals surface area contributed by atoms with Gasteiger partial charge in [0.05, 0.1) is 30.3 Å². The van der Waals surface area contributed by atoms with E-state index in [1.54, 1.807) is 19.9 Å². The molecule has 232 valence electrons. The first-order valence-electron chi connectivity index (χ1n) is 16.1. The zero-order valence-electron chi connectivity index (χ0n) is 27.0. The predicted octanol–water partition coefficient (Wildman–Crippen LogP) is 5.57. The second kappa shape index (κ2) is 9.64. The monoisotopic (exact) mass is 572 g/mol. The quantitative estimate of drug-likeness (QED) is 0.200. The van der Waals surface area contributed by atoms with Crippen molar-refractivity contribution in [2.24, 2.45) is 50.2 Å². The molecule has 0 aromatic heterocycles. The normalized spacial score (nSPS) is 50.4. The number of esters is 1. The molecule has 5 aliphatic carbocycles. The first-order valence-corrected chi connectivity index (χ1v) is 16.1. The Morgan fingerprint density at radius 1 is 0.976 bits per heavy atom. The Hall–Kier alpha value is -1.21. The molecule has 11 atom stereocenters. The van der Waals surface area contributed by atoms with Crippen LogP contribution in [0.5, 0.6) is 0 Å². The maximum Gasteiger partial charge on any atom is 0.333 e. The van der Waals surface area contributed by atoms with E-state index in [9.17, 15) is 25.2 Å². The summed E-state index contributed by atoms with van der Waals surface area (Å²) in [6, 6.07) is 0. The Labute approximate surface area is 247 Å². The highest BCUT2D eigenvalue weighted by atomic mass is 16.5. The Kier molecular flexibility index (Phi) is 7.34. The van der Waals surface area contributed by atoms with E-state index in [1.165, 1.54) is 0 Å². The van der Waals surface area contributed by atoms with E-state index in [0.29, 0.717) is 23.8 Å². The van der Waals surface area contributed by atoms with E-state index >= 15 is 0 Å². The van der Waals surface area contributed by atoms with E-state index < -0.39 is 35.1 Å². The zero-order chi connectivity index (χ0) is 30.6. The van der Waals surface area contributed by atoms with Crippen LogP contribution in [0.2, 0.25) is 0 Å². The van der Waals surface area contributed by atoms with Gasteiger partial charge < -0.3 is 25.2 Å². The second-order valence-electron chi connectivity index (χ2n) is 16.7. The van der Waals surface area contributed by atoms with Crippen molar-refractivity contribution in [3.05, 3.63) is 23.3 Å². The first kappa shape index (κ1) is 31.2. The van der Waals surface area contributed by atoms with E-state index in [0.717, 1.165) is 44.1 Å². The molecule has 6 nitrogen and oxygen atoms in total. The Morgan fingerprint density at radius 3 is 2.24 bits per heavy atom. The minimum Gasteiger partial charge on any atom is -0.458 e. The van der Waals surface area contributed by atoms with Gasteiger partial charge in [0, 0.05) is 11.0 Å². The fourth-order valence-corrected chi connectivity index (χ4v) is 11.4. The molecule has 4 N–H and O–H groups in total. The van der Waals surface area contributed by atoms with Gasteiger partial charge >= 0.3 is 5.97 Å². The largest absolute Gasteiger partial charge is 0.458 e. The summed E-state index contributed by atoms with van der Waals surface area (Å²) < 4.78 is 6.14. The number of fused-ring (bicyclic) bond motifs is 7. The van der Waals surface area contributed by atoms with Crippen LogP contribution < -0.4 is 0 Å². The third-order valence-corrected chi connectivity index (χ3v) is 14.2. The van der Waals surface area contributed by atoms with Gasteiger partial charge in [0.25, 0.3) is 0 Å². The molecule has 0 spiro atoms. The number of aliphatic hydroxyl groups is 4. The van der Waals surface area contributed by atoms with Crippen molar-refractivity contribution in [1.29, 1.82) is 0 Å². The van der Waals surface area contributed by atoms with Gasteiger partial charge in [-0.1, -0.05) is 66.2 Å². The van der Waals surface area contributed by atoms with E-state index in [4.69, 9.17) is 4.74 Å². The summed E-state index contributed by atoms with van der Waals surface area (Å²) >= 11 is 0. The van der Waals surface area contributed by atoms with Gasteiger partial charge in [0.15, 0.2) is 0 Å².